The van der Waals surface area contributed by atoms with Gasteiger partial charge in [0.2, 0.25) is 0 Å². The van der Waals surface area contributed by atoms with E-state index in [1.807, 2.05) is 30.3 Å². The van der Waals surface area contributed by atoms with E-state index in [0.29, 0.717) is 5.75 Å². The number of ether oxygens (including phenoxy) is 2. The van der Waals surface area contributed by atoms with Crippen molar-refractivity contribution in [2.24, 2.45) is 0 Å². The molecule has 2 aromatic carbocycles. The summed E-state index contributed by atoms with van der Waals surface area (Å²) in [7, 11) is 0. The normalized spacial score (nSPS) is 11.1. The zero-order valence-electron chi connectivity index (χ0n) is 12.4. The van der Waals surface area contributed by atoms with E-state index in [9.17, 15) is 22.8 Å². The number of benzene rings is 2. The molecule has 24 heavy (non-hydrogen) atoms. The van der Waals surface area contributed by atoms with E-state index in [1.165, 1.54) is 0 Å². The summed E-state index contributed by atoms with van der Waals surface area (Å²) in [6, 6.07) is 12.8. The van der Waals surface area contributed by atoms with Gasteiger partial charge < -0.3 is 14.8 Å². The van der Waals surface area contributed by atoms with Crippen LogP contribution in [0.15, 0.2) is 42.5 Å². The van der Waals surface area contributed by atoms with Crippen molar-refractivity contribution < 1.29 is 32.2 Å². The molecule has 0 saturated heterocycles. The lowest BCUT2D eigenvalue weighted by Crippen LogP contribution is -2.36. The van der Waals surface area contributed by atoms with Crippen LogP contribution in [0, 0.1) is 0 Å². The van der Waals surface area contributed by atoms with Crippen LogP contribution in [0.1, 0.15) is 0 Å². The molecule has 0 aliphatic carbocycles. The van der Waals surface area contributed by atoms with Gasteiger partial charge in [-0.05, 0) is 22.9 Å². The number of nitrogens with one attached hydrogen (secondary N) is 1. The number of esters is 1. The first-order chi connectivity index (χ1) is 11.3. The average molecular weight is 341 g/mol. The Bertz CT molecular complexity index is 731. The molecule has 0 heterocycles. The Morgan fingerprint density at radius 1 is 1.00 bits per heavy atom. The molecule has 0 saturated carbocycles. The van der Waals surface area contributed by atoms with Gasteiger partial charge in [0.1, 0.15) is 12.3 Å². The molecule has 1 amide bonds. The third kappa shape index (κ3) is 5.79. The Hall–Kier alpha value is -2.77. The van der Waals surface area contributed by atoms with E-state index in [4.69, 9.17) is 4.74 Å². The number of carbonyl (C=O) groups is 2. The van der Waals surface area contributed by atoms with Crippen LogP contribution >= 0.6 is 0 Å². The monoisotopic (exact) mass is 341 g/mol. The number of rotatable bonds is 6. The maximum Gasteiger partial charge on any atom is 0.405 e. The maximum atomic E-state index is 11.9. The maximum absolute atomic E-state index is 11.9. The lowest BCUT2D eigenvalue weighted by molar-refractivity contribution is -0.152. The largest absolute Gasteiger partial charge is 0.482 e. The average Bonchev–Trinajstić information content (AvgIpc) is 2.55. The fourth-order valence-corrected chi connectivity index (χ4v) is 1.84. The first-order valence-electron chi connectivity index (χ1n) is 6.94. The molecule has 8 heteroatoms. The van der Waals surface area contributed by atoms with Gasteiger partial charge in [0.25, 0.3) is 5.91 Å². The molecule has 0 radical (unpaired) electrons. The third-order valence-corrected chi connectivity index (χ3v) is 2.93. The van der Waals surface area contributed by atoms with Gasteiger partial charge in [0.05, 0.1) is 0 Å². The molecule has 128 valence electrons. The molecule has 0 bridgehead atoms. The van der Waals surface area contributed by atoms with Crippen molar-refractivity contribution in [3.05, 3.63) is 42.5 Å². The van der Waals surface area contributed by atoms with Gasteiger partial charge in [-0.3, -0.25) is 4.79 Å². The zero-order chi connectivity index (χ0) is 17.6. The van der Waals surface area contributed by atoms with Gasteiger partial charge >= 0.3 is 12.1 Å². The molecular weight excluding hydrogens is 327 g/mol. The molecule has 0 atom stereocenters. The van der Waals surface area contributed by atoms with E-state index in [-0.39, 0.29) is 0 Å². The van der Waals surface area contributed by atoms with Crippen LogP contribution in [0.2, 0.25) is 0 Å². The van der Waals surface area contributed by atoms with Gasteiger partial charge in [-0.1, -0.05) is 30.3 Å². The third-order valence-electron chi connectivity index (χ3n) is 2.93. The van der Waals surface area contributed by atoms with E-state index in [2.05, 4.69) is 4.74 Å². The minimum atomic E-state index is -4.52. The minimum absolute atomic E-state index is 0.437. The Kier molecular flexibility index (Phi) is 5.62. The lowest BCUT2D eigenvalue weighted by Gasteiger charge is -2.09. The molecule has 1 N–H and O–H groups in total. The second kappa shape index (κ2) is 7.67. The van der Waals surface area contributed by atoms with E-state index in [1.54, 1.807) is 17.4 Å². The minimum Gasteiger partial charge on any atom is -0.482 e. The summed E-state index contributed by atoms with van der Waals surface area (Å²) >= 11 is 0. The van der Waals surface area contributed by atoms with Gasteiger partial charge in [-0.2, -0.15) is 13.2 Å². The second-order valence-electron chi connectivity index (χ2n) is 4.85. The van der Waals surface area contributed by atoms with Crippen LogP contribution in [0.3, 0.4) is 0 Å². The van der Waals surface area contributed by atoms with Crippen molar-refractivity contribution in [3.8, 4) is 5.75 Å². The molecule has 0 aliphatic heterocycles. The quantitative estimate of drug-likeness (QED) is 0.820. The summed E-state index contributed by atoms with van der Waals surface area (Å²) in [5, 5.41) is 3.52. The molecule has 0 aliphatic rings. The van der Waals surface area contributed by atoms with Crippen molar-refractivity contribution in [3.63, 3.8) is 0 Å². The molecule has 0 spiro atoms. The van der Waals surface area contributed by atoms with E-state index < -0.39 is 37.8 Å². The highest BCUT2D eigenvalue weighted by Gasteiger charge is 2.27. The SMILES string of the molecule is O=C(COC(=O)COc1ccc2ccccc2c1)NCC(F)(F)F. The van der Waals surface area contributed by atoms with Crippen LogP contribution in [-0.2, 0) is 14.3 Å². The first kappa shape index (κ1) is 17.6. The molecule has 0 unspecified atom stereocenters. The van der Waals surface area contributed by atoms with Crippen molar-refractivity contribution >= 4 is 22.6 Å². The standard InChI is InChI=1S/C16H14F3NO4/c17-16(18,19)10-20-14(21)8-24-15(22)9-23-13-6-5-11-3-1-2-4-12(11)7-13/h1-7H,8-10H2,(H,20,21). The Labute approximate surface area is 135 Å². The highest BCUT2D eigenvalue weighted by Crippen LogP contribution is 2.20. The topological polar surface area (TPSA) is 64.6 Å². The van der Waals surface area contributed by atoms with Crippen LogP contribution < -0.4 is 10.1 Å². The number of fused-ring (bicyclic) bond motifs is 1. The molecule has 2 rings (SSSR count). The number of alkyl halides is 3. The van der Waals surface area contributed by atoms with E-state index >= 15 is 0 Å². The van der Waals surface area contributed by atoms with Crippen LogP contribution in [0.25, 0.3) is 10.8 Å². The Morgan fingerprint density at radius 2 is 1.71 bits per heavy atom. The summed E-state index contributed by atoms with van der Waals surface area (Å²) in [6.45, 7) is -2.72. The number of hydrogen-bond donors (Lipinski definition) is 1. The smallest absolute Gasteiger partial charge is 0.405 e. The second-order valence-corrected chi connectivity index (χ2v) is 4.85. The molecular formula is C16H14F3NO4. The van der Waals surface area contributed by atoms with Crippen molar-refractivity contribution in [1.82, 2.24) is 5.32 Å². The van der Waals surface area contributed by atoms with Crippen molar-refractivity contribution in [2.45, 2.75) is 6.18 Å². The molecule has 0 fully saturated rings. The number of hydrogen-bond acceptors (Lipinski definition) is 4. The van der Waals surface area contributed by atoms with E-state index in [0.717, 1.165) is 10.8 Å². The molecule has 5 nitrogen and oxygen atoms in total. The van der Waals surface area contributed by atoms with Gasteiger partial charge in [0.15, 0.2) is 13.2 Å². The summed E-state index contributed by atoms with van der Waals surface area (Å²) < 4.78 is 45.4. The highest BCUT2D eigenvalue weighted by molar-refractivity contribution is 5.84. The fourth-order valence-electron chi connectivity index (χ4n) is 1.84. The van der Waals surface area contributed by atoms with Gasteiger partial charge in [-0.25, -0.2) is 4.79 Å². The fraction of sp³-hybridized carbons (Fsp3) is 0.250. The van der Waals surface area contributed by atoms with Crippen molar-refractivity contribution in [1.29, 1.82) is 0 Å². The van der Waals surface area contributed by atoms with Gasteiger partial charge in [0, 0.05) is 0 Å². The predicted octanol–water partition coefficient (Wildman–Crippen LogP) is 2.44. The van der Waals surface area contributed by atoms with Crippen LogP contribution in [-0.4, -0.2) is 37.8 Å². The zero-order valence-corrected chi connectivity index (χ0v) is 12.4. The molecule has 0 aromatic heterocycles. The van der Waals surface area contributed by atoms with Gasteiger partial charge in [-0.15, -0.1) is 0 Å². The summed E-state index contributed by atoms with van der Waals surface area (Å²) in [6.07, 6.45) is -4.52. The lowest BCUT2D eigenvalue weighted by atomic mass is 10.1. The Morgan fingerprint density at radius 3 is 2.42 bits per heavy atom. The molecule has 2 aromatic rings. The summed E-state index contributed by atoms with van der Waals surface area (Å²) in [4.78, 5) is 22.5. The number of carbonyl (C=O) groups excluding carboxylic acids is 2. The summed E-state index contributed by atoms with van der Waals surface area (Å²) in [5.74, 6) is -1.45. The number of amides is 1. The summed E-state index contributed by atoms with van der Waals surface area (Å²) in [5.41, 5.74) is 0. The van der Waals surface area contributed by atoms with Crippen LogP contribution in [0.5, 0.6) is 5.75 Å². The highest BCUT2D eigenvalue weighted by atomic mass is 19.4. The Balaban J connectivity index is 1.75. The predicted molar refractivity (Wildman–Crippen MR) is 79.5 cm³/mol. The van der Waals surface area contributed by atoms with Crippen molar-refractivity contribution in [2.75, 3.05) is 19.8 Å². The number of halogens is 3. The first-order valence-corrected chi connectivity index (χ1v) is 6.94. The van der Waals surface area contributed by atoms with Crippen LogP contribution in [0.4, 0.5) is 13.2 Å².